The van der Waals surface area contributed by atoms with E-state index in [0.29, 0.717) is 43.2 Å². The first-order valence-corrected chi connectivity index (χ1v) is 9.91. The Morgan fingerprint density at radius 3 is 2.57 bits per heavy atom. The van der Waals surface area contributed by atoms with Gasteiger partial charge >= 0.3 is 0 Å². The molecule has 1 heterocycles. The highest BCUT2D eigenvalue weighted by molar-refractivity contribution is 7.89. The van der Waals surface area contributed by atoms with Crippen LogP contribution in [0.4, 0.5) is 17.1 Å². The zero-order valence-corrected chi connectivity index (χ0v) is 15.9. The van der Waals surface area contributed by atoms with Crippen LogP contribution < -0.4 is 5.32 Å². The van der Waals surface area contributed by atoms with Crippen molar-refractivity contribution in [3.8, 4) is 6.07 Å². The fourth-order valence-corrected chi connectivity index (χ4v) is 4.54. The number of aryl methyl sites for hydroxylation is 1. The molecule has 0 spiro atoms. The van der Waals surface area contributed by atoms with Crippen LogP contribution in [0.2, 0.25) is 0 Å². The molecule has 1 N–H and O–H groups in total. The van der Waals surface area contributed by atoms with E-state index in [9.17, 15) is 23.8 Å². The summed E-state index contributed by atoms with van der Waals surface area (Å²) in [6.07, 6.45) is 0. The van der Waals surface area contributed by atoms with Gasteiger partial charge in [-0.15, -0.1) is 0 Å². The summed E-state index contributed by atoms with van der Waals surface area (Å²) in [6.45, 7) is 3.00. The number of nitro benzene ring substituents is 1. The lowest BCUT2D eigenvalue weighted by molar-refractivity contribution is -0.384. The molecule has 2 aromatic carbocycles. The van der Waals surface area contributed by atoms with Crippen molar-refractivity contribution in [2.45, 2.75) is 11.8 Å². The molecule has 0 atom stereocenters. The Morgan fingerprint density at radius 1 is 1.21 bits per heavy atom. The SMILES string of the molecule is Cc1ccc(Nc2ccc([N+](=O)[O-])cc2C#N)cc1S(=O)(=O)N1CCOCC1. The third-order valence-electron chi connectivity index (χ3n) is 4.39. The van der Waals surface area contributed by atoms with Crippen LogP contribution in [0.1, 0.15) is 11.1 Å². The Bertz CT molecular complexity index is 1060. The molecule has 10 heteroatoms. The summed E-state index contributed by atoms with van der Waals surface area (Å²) in [7, 11) is -3.68. The van der Waals surface area contributed by atoms with Crippen LogP contribution >= 0.6 is 0 Å². The fourth-order valence-electron chi connectivity index (χ4n) is 2.88. The minimum absolute atomic E-state index is 0.0901. The van der Waals surface area contributed by atoms with Crippen LogP contribution in [-0.4, -0.2) is 43.9 Å². The Morgan fingerprint density at radius 2 is 1.93 bits per heavy atom. The van der Waals surface area contributed by atoms with Gasteiger partial charge in [-0.05, 0) is 30.7 Å². The lowest BCUT2D eigenvalue weighted by atomic mass is 10.1. The first-order valence-electron chi connectivity index (χ1n) is 8.47. The molecule has 0 radical (unpaired) electrons. The lowest BCUT2D eigenvalue weighted by Gasteiger charge is -2.27. The van der Waals surface area contributed by atoms with Crippen molar-refractivity contribution in [2.75, 3.05) is 31.6 Å². The molecule has 0 saturated carbocycles. The molecular weight excluding hydrogens is 384 g/mol. The zero-order valence-electron chi connectivity index (χ0n) is 15.1. The van der Waals surface area contributed by atoms with Gasteiger partial charge in [0, 0.05) is 30.9 Å². The largest absolute Gasteiger partial charge is 0.379 e. The number of rotatable bonds is 5. The van der Waals surface area contributed by atoms with E-state index < -0.39 is 14.9 Å². The van der Waals surface area contributed by atoms with Crippen LogP contribution in [0.5, 0.6) is 0 Å². The summed E-state index contributed by atoms with van der Waals surface area (Å²) >= 11 is 0. The number of non-ortho nitro benzene ring substituents is 1. The highest BCUT2D eigenvalue weighted by atomic mass is 32.2. The van der Waals surface area contributed by atoms with Gasteiger partial charge in [0.15, 0.2) is 0 Å². The molecule has 1 aliphatic rings. The fraction of sp³-hybridized carbons (Fsp3) is 0.278. The van der Waals surface area contributed by atoms with Gasteiger partial charge in [0.25, 0.3) is 5.69 Å². The lowest BCUT2D eigenvalue weighted by Crippen LogP contribution is -2.40. The molecular formula is C18H18N4O5S. The molecule has 28 heavy (non-hydrogen) atoms. The minimum Gasteiger partial charge on any atom is -0.379 e. The van der Waals surface area contributed by atoms with Gasteiger partial charge < -0.3 is 10.1 Å². The quantitative estimate of drug-likeness (QED) is 0.601. The maximum atomic E-state index is 13.0. The number of anilines is 2. The molecule has 3 rings (SSSR count). The van der Waals surface area contributed by atoms with E-state index in [4.69, 9.17) is 4.74 Å². The number of nitriles is 1. The van der Waals surface area contributed by atoms with Gasteiger partial charge in [-0.3, -0.25) is 10.1 Å². The second-order valence-electron chi connectivity index (χ2n) is 6.22. The Kier molecular flexibility index (Phi) is 5.60. The van der Waals surface area contributed by atoms with Gasteiger partial charge in [-0.1, -0.05) is 6.07 Å². The van der Waals surface area contributed by atoms with E-state index in [1.165, 1.54) is 28.6 Å². The summed E-state index contributed by atoms with van der Waals surface area (Å²) in [5, 5.41) is 23.1. The van der Waals surface area contributed by atoms with E-state index in [1.54, 1.807) is 19.1 Å². The van der Waals surface area contributed by atoms with Crippen molar-refractivity contribution >= 4 is 27.1 Å². The minimum atomic E-state index is -3.68. The molecule has 9 nitrogen and oxygen atoms in total. The normalized spacial score (nSPS) is 15.0. The average Bonchev–Trinajstić information content (AvgIpc) is 2.70. The van der Waals surface area contributed by atoms with Crippen LogP contribution in [0.3, 0.4) is 0 Å². The van der Waals surface area contributed by atoms with Crippen LogP contribution in [0.25, 0.3) is 0 Å². The average molecular weight is 402 g/mol. The maximum Gasteiger partial charge on any atom is 0.270 e. The third-order valence-corrected chi connectivity index (χ3v) is 6.43. The molecule has 0 bridgehead atoms. The Balaban J connectivity index is 1.94. The smallest absolute Gasteiger partial charge is 0.270 e. The van der Waals surface area contributed by atoms with Crippen LogP contribution in [0, 0.1) is 28.4 Å². The summed E-state index contributed by atoms with van der Waals surface area (Å²) < 4.78 is 32.5. The molecule has 0 unspecified atom stereocenters. The van der Waals surface area contributed by atoms with E-state index in [2.05, 4.69) is 5.32 Å². The number of nitrogens with zero attached hydrogens (tertiary/aromatic N) is 3. The van der Waals surface area contributed by atoms with Gasteiger partial charge in [0.2, 0.25) is 10.0 Å². The third kappa shape index (κ3) is 3.96. The molecule has 2 aromatic rings. The van der Waals surface area contributed by atoms with E-state index in [0.717, 1.165) is 0 Å². The van der Waals surface area contributed by atoms with Crippen molar-refractivity contribution < 1.29 is 18.1 Å². The topological polar surface area (TPSA) is 126 Å². The Hall–Kier alpha value is -3.00. The highest BCUT2D eigenvalue weighted by Crippen LogP contribution is 2.28. The molecule has 0 aliphatic carbocycles. The van der Waals surface area contributed by atoms with Crippen molar-refractivity contribution in [1.29, 1.82) is 5.26 Å². The predicted octanol–water partition coefficient (Wildman–Crippen LogP) is 2.54. The standard InChI is InChI=1S/C18H18N4O5S/c1-13-2-3-15(11-18(13)28(25,26)21-6-8-27-9-7-21)20-17-5-4-16(22(23)24)10-14(17)12-19/h2-5,10-11,20H,6-9H2,1H3. The second-order valence-corrected chi connectivity index (χ2v) is 8.13. The number of morpholine rings is 1. The molecule has 1 saturated heterocycles. The number of hydrogen-bond acceptors (Lipinski definition) is 7. The second kappa shape index (κ2) is 7.93. The number of hydrogen-bond donors (Lipinski definition) is 1. The molecule has 1 aliphatic heterocycles. The number of nitro groups is 1. The number of ether oxygens (including phenoxy) is 1. The van der Waals surface area contributed by atoms with Crippen LogP contribution in [-0.2, 0) is 14.8 Å². The first kappa shape index (κ1) is 19.8. The van der Waals surface area contributed by atoms with Crippen molar-refractivity contribution in [1.82, 2.24) is 4.31 Å². The van der Waals surface area contributed by atoms with Gasteiger partial charge in [0.1, 0.15) is 6.07 Å². The van der Waals surface area contributed by atoms with Crippen LogP contribution in [0.15, 0.2) is 41.3 Å². The maximum absolute atomic E-state index is 13.0. The summed E-state index contributed by atoms with van der Waals surface area (Å²) in [5.74, 6) is 0. The van der Waals surface area contributed by atoms with E-state index >= 15 is 0 Å². The van der Waals surface area contributed by atoms with Crippen molar-refractivity contribution in [2.24, 2.45) is 0 Å². The molecule has 0 amide bonds. The van der Waals surface area contributed by atoms with Crippen molar-refractivity contribution in [3.63, 3.8) is 0 Å². The van der Waals surface area contributed by atoms with Gasteiger partial charge in [0.05, 0.1) is 34.3 Å². The predicted molar refractivity (Wildman–Crippen MR) is 102 cm³/mol. The Labute approximate surface area is 162 Å². The number of sulfonamides is 1. The van der Waals surface area contributed by atoms with Crippen molar-refractivity contribution in [3.05, 3.63) is 57.6 Å². The molecule has 0 aromatic heterocycles. The highest BCUT2D eigenvalue weighted by Gasteiger charge is 2.28. The molecule has 146 valence electrons. The van der Waals surface area contributed by atoms with E-state index in [1.807, 2.05) is 6.07 Å². The van der Waals surface area contributed by atoms with Gasteiger partial charge in [-0.2, -0.15) is 9.57 Å². The van der Waals surface area contributed by atoms with Gasteiger partial charge in [-0.25, -0.2) is 8.42 Å². The molecule has 1 fully saturated rings. The zero-order chi connectivity index (χ0) is 20.3. The summed E-state index contributed by atoms with van der Waals surface area (Å²) in [4.78, 5) is 10.5. The summed E-state index contributed by atoms with van der Waals surface area (Å²) in [5.41, 5.74) is 1.31. The van der Waals surface area contributed by atoms with E-state index in [-0.39, 0.29) is 16.1 Å². The number of benzene rings is 2. The first-order chi connectivity index (χ1) is 13.3. The monoisotopic (exact) mass is 402 g/mol. The number of nitrogens with one attached hydrogen (secondary N) is 1. The summed E-state index contributed by atoms with van der Waals surface area (Å²) in [6, 6.07) is 10.7.